The minimum Gasteiger partial charge on any atom is -0.467 e. The lowest BCUT2D eigenvalue weighted by molar-refractivity contribution is 0.256. The Morgan fingerprint density at radius 1 is 1.33 bits per heavy atom. The van der Waals surface area contributed by atoms with Crippen molar-refractivity contribution in [3.8, 4) is 12.0 Å². The van der Waals surface area contributed by atoms with Crippen LogP contribution in [0.4, 0.5) is 15.1 Å². The lowest BCUT2D eigenvalue weighted by atomic mass is 10.5. The number of anilines is 1. The minimum atomic E-state index is -4.68. The molecule has 12 nitrogen and oxygen atoms in total. The molecule has 2 N–H and O–H groups in total. The van der Waals surface area contributed by atoms with Gasteiger partial charge >= 0.3 is 28.3 Å². The molecular weight excluding hydrogens is 405 g/mol. The number of nitrogens with two attached hydrogens (primary N) is 1. The van der Waals surface area contributed by atoms with E-state index in [1.165, 1.54) is 25.0 Å². The second kappa shape index (κ2) is 8.72. The lowest BCUT2D eigenvalue weighted by Crippen LogP contribution is -2.42. The normalized spacial score (nSPS) is 12.0. The molecule has 2 aromatic heterocycles. The number of ether oxygens (including phenoxy) is 2. The first kappa shape index (κ1) is 20.5. The largest absolute Gasteiger partial charge is 0.467 e. The topological polar surface area (TPSA) is 155 Å². The second-order valence-electron chi connectivity index (χ2n) is 4.70. The maximum Gasteiger partial charge on any atom is 0.358 e. The molecule has 148 valence electrons. The Morgan fingerprint density at radius 2 is 1.96 bits per heavy atom. The van der Waals surface area contributed by atoms with Gasteiger partial charge in [0.05, 0.1) is 20.9 Å². The van der Waals surface area contributed by atoms with E-state index in [9.17, 15) is 17.6 Å². The third kappa shape index (κ3) is 4.88. The van der Waals surface area contributed by atoms with Crippen molar-refractivity contribution in [2.45, 2.75) is 13.0 Å². The summed E-state index contributed by atoms with van der Waals surface area (Å²) in [5, 5.41) is 1.57. The van der Waals surface area contributed by atoms with E-state index in [0.717, 1.165) is 11.3 Å². The quantitative estimate of drug-likeness (QED) is 0.616. The molecule has 27 heavy (non-hydrogen) atoms. The fourth-order valence-electron chi connectivity index (χ4n) is 1.83. The molecular formula is C12H16FN7O5S2. The van der Waals surface area contributed by atoms with Gasteiger partial charge in [0.2, 0.25) is 4.80 Å². The zero-order chi connectivity index (χ0) is 20.0. The molecule has 0 atom stereocenters. The van der Waals surface area contributed by atoms with Crippen molar-refractivity contribution in [1.29, 1.82) is 0 Å². The molecule has 0 aliphatic rings. The van der Waals surface area contributed by atoms with Crippen LogP contribution in [0.25, 0.3) is 0 Å². The highest BCUT2D eigenvalue weighted by molar-refractivity contribution is 7.92. The van der Waals surface area contributed by atoms with E-state index in [2.05, 4.69) is 19.3 Å². The van der Waals surface area contributed by atoms with E-state index in [1.807, 2.05) is 0 Å². The fourth-order valence-corrected chi connectivity index (χ4v) is 3.80. The van der Waals surface area contributed by atoms with E-state index in [4.69, 9.17) is 15.2 Å². The maximum absolute atomic E-state index is 12.7. The average Bonchev–Trinajstić information content (AvgIpc) is 3.05. The summed E-state index contributed by atoms with van der Waals surface area (Å²) in [7, 11) is -2.22. The van der Waals surface area contributed by atoms with Crippen molar-refractivity contribution in [3.05, 3.63) is 16.4 Å². The number of hydrogen-bond donors (Lipinski definition) is 1. The smallest absolute Gasteiger partial charge is 0.358 e. The summed E-state index contributed by atoms with van der Waals surface area (Å²) in [5.74, 6) is -0.651. The maximum atomic E-state index is 12.7. The predicted octanol–water partition coefficient (Wildman–Crippen LogP) is -0.158. The number of urea groups is 1. The van der Waals surface area contributed by atoms with Gasteiger partial charge in [-0.15, -0.1) is 25.0 Å². The van der Waals surface area contributed by atoms with Crippen molar-refractivity contribution in [2.75, 3.05) is 25.2 Å². The average molecular weight is 421 g/mol. The number of methoxy groups -OCH3 is 2. The standard InChI is InChI=1S/C12H16FN7O5S2/c1-24-10-15-9(16-11(17-10)25-2)20(8(14)21)27(22,23)18-12-19(5-3-4-13)6-7-26-12/h6-7H,3-5H2,1-2H3,(H2,14,21). The number of aryl methyl sites for hydroxylation is 1. The van der Waals surface area contributed by atoms with Crippen LogP contribution in [0.3, 0.4) is 0 Å². The van der Waals surface area contributed by atoms with Gasteiger partial charge in [-0.25, -0.2) is 4.79 Å². The van der Waals surface area contributed by atoms with Gasteiger partial charge in [0.1, 0.15) is 0 Å². The minimum absolute atomic E-state index is 0.0164. The van der Waals surface area contributed by atoms with Crippen molar-refractivity contribution in [3.63, 3.8) is 0 Å². The molecule has 0 fully saturated rings. The molecule has 0 saturated heterocycles. The molecule has 0 spiro atoms. The van der Waals surface area contributed by atoms with Crippen LogP contribution in [0.2, 0.25) is 0 Å². The van der Waals surface area contributed by atoms with Crippen LogP contribution in [-0.4, -0.2) is 54.9 Å². The summed E-state index contributed by atoms with van der Waals surface area (Å²) in [6.07, 6.45) is 1.71. The first-order valence-corrected chi connectivity index (χ1v) is 9.54. The third-order valence-electron chi connectivity index (χ3n) is 2.95. The number of primary amides is 1. The van der Waals surface area contributed by atoms with Gasteiger partial charge in [-0.1, -0.05) is 0 Å². The SMILES string of the molecule is COc1nc(OC)nc(N(C(N)=O)S(=O)(=O)N=c2sccn2CCCF)n1. The number of nitrogens with zero attached hydrogens (tertiary/aromatic N) is 6. The summed E-state index contributed by atoms with van der Waals surface area (Å²) < 4.78 is 52.4. The molecule has 0 aliphatic carbocycles. The van der Waals surface area contributed by atoms with Crippen LogP contribution in [0, 0.1) is 0 Å². The lowest BCUT2D eigenvalue weighted by Gasteiger charge is -2.15. The predicted molar refractivity (Wildman–Crippen MR) is 92.4 cm³/mol. The van der Waals surface area contributed by atoms with Gasteiger partial charge in [-0.3, -0.25) is 4.39 Å². The molecule has 2 aromatic rings. The molecule has 2 amide bonds. The zero-order valence-corrected chi connectivity index (χ0v) is 15.9. The molecule has 0 aromatic carbocycles. The Bertz CT molecular complexity index is 952. The number of carbonyl (C=O) groups excluding carboxylic acids is 1. The number of rotatable bonds is 8. The number of hydrogen-bond acceptors (Lipinski definition) is 9. The van der Waals surface area contributed by atoms with Crippen LogP contribution >= 0.6 is 11.3 Å². The van der Waals surface area contributed by atoms with Crippen LogP contribution in [0.1, 0.15) is 6.42 Å². The van der Waals surface area contributed by atoms with Crippen LogP contribution < -0.4 is 24.3 Å². The third-order valence-corrected chi connectivity index (χ3v) is 5.06. The van der Waals surface area contributed by atoms with Crippen molar-refractivity contribution in [2.24, 2.45) is 10.1 Å². The first-order chi connectivity index (χ1) is 12.8. The summed E-state index contributed by atoms with van der Waals surface area (Å²) in [6.45, 7) is -0.370. The summed E-state index contributed by atoms with van der Waals surface area (Å²) in [5.41, 5.74) is 5.20. The van der Waals surface area contributed by atoms with E-state index in [1.54, 1.807) is 5.38 Å². The highest BCUT2D eigenvalue weighted by Crippen LogP contribution is 2.19. The van der Waals surface area contributed by atoms with E-state index in [-0.39, 0.29) is 34.1 Å². The summed E-state index contributed by atoms with van der Waals surface area (Å²) in [4.78, 5) is 22.9. The first-order valence-electron chi connectivity index (χ1n) is 7.27. The molecule has 0 aliphatic heterocycles. The number of thiazole rings is 1. The van der Waals surface area contributed by atoms with E-state index in [0.29, 0.717) is 0 Å². The number of alkyl halides is 1. The van der Waals surface area contributed by atoms with Crippen molar-refractivity contribution >= 4 is 33.5 Å². The van der Waals surface area contributed by atoms with Gasteiger partial charge in [-0.05, 0) is 6.42 Å². The number of carbonyl (C=O) groups is 1. The van der Waals surface area contributed by atoms with Crippen LogP contribution in [0.15, 0.2) is 16.0 Å². The molecule has 15 heteroatoms. The Labute approximate surface area is 157 Å². The van der Waals surface area contributed by atoms with E-state index >= 15 is 0 Å². The van der Waals surface area contributed by atoms with Gasteiger partial charge in [0.15, 0.2) is 0 Å². The molecule has 0 unspecified atom stereocenters. The van der Waals surface area contributed by atoms with Gasteiger partial charge < -0.3 is 19.8 Å². The number of aromatic nitrogens is 4. The van der Waals surface area contributed by atoms with Gasteiger partial charge in [-0.2, -0.15) is 18.4 Å². The van der Waals surface area contributed by atoms with E-state index < -0.39 is 28.9 Å². The van der Waals surface area contributed by atoms with Crippen LogP contribution in [-0.2, 0) is 16.8 Å². The van der Waals surface area contributed by atoms with Gasteiger partial charge in [0, 0.05) is 18.1 Å². The Kier molecular flexibility index (Phi) is 6.62. The van der Waals surface area contributed by atoms with Crippen molar-refractivity contribution < 1.29 is 27.1 Å². The highest BCUT2D eigenvalue weighted by atomic mass is 32.2. The zero-order valence-electron chi connectivity index (χ0n) is 14.3. The molecule has 0 radical (unpaired) electrons. The Morgan fingerprint density at radius 3 is 2.48 bits per heavy atom. The monoisotopic (exact) mass is 421 g/mol. The van der Waals surface area contributed by atoms with Crippen molar-refractivity contribution in [1.82, 2.24) is 19.5 Å². The molecule has 0 bridgehead atoms. The Balaban J connectivity index is 2.55. The number of halogens is 1. The fraction of sp³-hybridized carbons (Fsp3) is 0.417. The second-order valence-corrected chi connectivity index (χ2v) is 7.02. The Hall–Kier alpha value is -2.81. The molecule has 2 heterocycles. The van der Waals surface area contributed by atoms with Gasteiger partial charge in [0.25, 0.3) is 5.95 Å². The summed E-state index contributed by atoms with van der Waals surface area (Å²) in [6, 6.07) is -2.00. The summed E-state index contributed by atoms with van der Waals surface area (Å²) >= 11 is 0.980. The number of amides is 2. The molecule has 2 rings (SSSR count). The molecule has 0 saturated carbocycles. The van der Waals surface area contributed by atoms with Crippen LogP contribution in [0.5, 0.6) is 12.0 Å². The highest BCUT2D eigenvalue weighted by Gasteiger charge is 2.31.